The zero-order valence-corrected chi connectivity index (χ0v) is 36.0. The maximum absolute atomic E-state index is 14.1. The van der Waals surface area contributed by atoms with Gasteiger partial charge < -0.3 is 24.4 Å². The number of alkyl halides is 1. The first-order chi connectivity index (χ1) is 26.3. The maximum Gasteiger partial charge on any atom is 0.413 e. The third kappa shape index (κ3) is 10.5. The summed E-state index contributed by atoms with van der Waals surface area (Å²) in [6, 6.07) is 17.6. The number of fused-ring (bicyclic) bond motifs is 1. The number of ether oxygens (including phenoxy) is 3. The molecule has 2 aliphatic heterocycles. The van der Waals surface area contributed by atoms with Crippen LogP contribution in [-0.4, -0.2) is 83.8 Å². The molecule has 0 spiro atoms. The van der Waals surface area contributed by atoms with Gasteiger partial charge >= 0.3 is 18.0 Å². The van der Waals surface area contributed by atoms with Gasteiger partial charge in [0.25, 0.3) is 11.8 Å². The van der Waals surface area contributed by atoms with Crippen LogP contribution in [0.1, 0.15) is 78.3 Å². The zero-order valence-electron chi connectivity index (χ0n) is 32.2. The number of nitrogens with one attached hydrogen (secondary N) is 2. The fourth-order valence-corrected chi connectivity index (χ4v) is 8.39. The van der Waals surface area contributed by atoms with Gasteiger partial charge in [0.05, 0.1) is 0 Å². The molecular formula is C39H44IN5O9S2. The smallest absolute Gasteiger partial charge is 0.413 e. The molecule has 5 rings (SSSR count). The summed E-state index contributed by atoms with van der Waals surface area (Å²) in [5.41, 5.74) is -1.22. The van der Waals surface area contributed by atoms with E-state index in [1.165, 1.54) is 35.9 Å². The summed E-state index contributed by atoms with van der Waals surface area (Å²) < 4.78 is 17.4. The second-order valence-corrected chi connectivity index (χ2v) is 18.0. The first kappa shape index (κ1) is 42.6. The predicted octanol–water partition coefficient (Wildman–Crippen LogP) is 6.75. The number of carbonyl (C=O) groups excluding carboxylic acids is 5. The van der Waals surface area contributed by atoms with Crippen LogP contribution in [0.15, 0.2) is 82.5 Å². The van der Waals surface area contributed by atoms with E-state index in [0.717, 1.165) is 28.0 Å². The number of benzene rings is 2. The molecule has 1 saturated heterocycles. The van der Waals surface area contributed by atoms with Crippen LogP contribution in [0.3, 0.4) is 0 Å². The number of hydrogen-bond acceptors (Lipinski definition) is 13. The summed E-state index contributed by atoms with van der Waals surface area (Å²) in [7, 11) is 0. The number of rotatable bonds is 12. The van der Waals surface area contributed by atoms with Gasteiger partial charge in [-0.2, -0.15) is 0 Å². The Morgan fingerprint density at radius 2 is 1.52 bits per heavy atom. The van der Waals surface area contributed by atoms with Crippen molar-refractivity contribution in [3.63, 3.8) is 0 Å². The lowest BCUT2D eigenvalue weighted by molar-refractivity contribution is -0.179. The average molecular weight is 918 g/mol. The van der Waals surface area contributed by atoms with E-state index in [4.69, 9.17) is 19.0 Å². The minimum Gasteiger partial charge on any atom is -0.457 e. The normalized spacial score (nSPS) is 17.4. The largest absolute Gasteiger partial charge is 0.457 e. The number of amides is 3. The van der Waals surface area contributed by atoms with E-state index in [-0.39, 0.29) is 22.2 Å². The Labute approximate surface area is 347 Å². The van der Waals surface area contributed by atoms with Crippen molar-refractivity contribution < 1.29 is 43.0 Å². The van der Waals surface area contributed by atoms with Crippen molar-refractivity contribution in [1.29, 1.82) is 0 Å². The minimum absolute atomic E-state index is 0.0114. The highest BCUT2D eigenvalue weighted by Crippen LogP contribution is 2.42. The third-order valence-electron chi connectivity index (χ3n) is 7.94. The lowest BCUT2D eigenvalue weighted by Gasteiger charge is -2.49. The molecular weight excluding hydrogens is 873 g/mol. The molecule has 0 saturated carbocycles. The number of oxime groups is 1. The van der Waals surface area contributed by atoms with Crippen molar-refractivity contribution in [2.45, 2.75) is 89.7 Å². The van der Waals surface area contributed by atoms with E-state index >= 15 is 0 Å². The van der Waals surface area contributed by atoms with Gasteiger partial charge in [0.1, 0.15) is 34.0 Å². The molecule has 0 bridgehead atoms. The van der Waals surface area contributed by atoms with Gasteiger partial charge in [-0.25, -0.2) is 19.4 Å². The number of esters is 2. The molecule has 298 valence electrons. The van der Waals surface area contributed by atoms with E-state index in [0.29, 0.717) is 10.2 Å². The van der Waals surface area contributed by atoms with E-state index in [1.54, 1.807) is 41.5 Å². The third-order valence-corrected chi connectivity index (χ3v) is 11.0. The Morgan fingerprint density at radius 1 is 0.929 bits per heavy atom. The molecule has 3 heterocycles. The second kappa shape index (κ2) is 17.3. The molecule has 1 aromatic heterocycles. The number of aromatic nitrogens is 1. The number of halogens is 1. The predicted molar refractivity (Wildman–Crippen MR) is 221 cm³/mol. The van der Waals surface area contributed by atoms with Crippen LogP contribution in [0.5, 0.6) is 0 Å². The molecule has 56 heavy (non-hydrogen) atoms. The zero-order chi connectivity index (χ0) is 41.0. The standard InChI is InChI=1S/C39H44IN5O9S2/c1-37(2,3)52-34(49)39(7,8)54-44-26(25-21-56-35(41-25)43-36(50)53-38(4,5)6)30(46)42-27-31(47)45-28(24(19-40)20-55-32(27)45)33(48)51-29(22-15-11-9-12-16-22)23-17-13-10-14-18-23/h9-18,21,27,29,32H,19-20H2,1-8H3,(H,42,46)(H,41,43,50)/t27-,32-/m1/s1. The van der Waals surface area contributed by atoms with Crippen molar-refractivity contribution >= 4 is 86.4 Å². The van der Waals surface area contributed by atoms with Crippen molar-refractivity contribution in [2.24, 2.45) is 5.16 Å². The lowest BCUT2D eigenvalue weighted by Crippen LogP contribution is -2.71. The maximum atomic E-state index is 14.1. The van der Waals surface area contributed by atoms with Crippen LogP contribution >= 0.6 is 45.7 Å². The Kier molecular flexibility index (Phi) is 13.2. The molecule has 14 nitrogen and oxygen atoms in total. The summed E-state index contributed by atoms with van der Waals surface area (Å²) in [5, 5.41) is 10.2. The van der Waals surface area contributed by atoms with E-state index in [9.17, 15) is 24.0 Å². The van der Waals surface area contributed by atoms with Gasteiger partial charge in [-0.3, -0.25) is 19.8 Å². The molecule has 0 unspecified atom stereocenters. The number of anilines is 1. The van der Waals surface area contributed by atoms with Gasteiger partial charge in [0.15, 0.2) is 16.9 Å². The number of carbonyl (C=O) groups is 5. The summed E-state index contributed by atoms with van der Waals surface area (Å²) in [6.45, 7) is 13.1. The van der Waals surface area contributed by atoms with Crippen LogP contribution in [0, 0.1) is 0 Å². The van der Waals surface area contributed by atoms with Crippen molar-refractivity contribution in [2.75, 3.05) is 15.5 Å². The summed E-state index contributed by atoms with van der Waals surface area (Å²) in [4.78, 5) is 78.7. The van der Waals surface area contributed by atoms with Gasteiger partial charge in [-0.1, -0.05) is 88.4 Å². The van der Waals surface area contributed by atoms with Gasteiger partial charge in [-0.05, 0) is 72.1 Å². The van der Waals surface area contributed by atoms with Crippen LogP contribution in [-0.2, 0) is 38.2 Å². The van der Waals surface area contributed by atoms with Crippen LogP contribution in [0.25, 0.3) is 0 Å². The van der Waals surface area contributed by atoms with Crippen LogP contribution in [0.4, 0.5) is 9.93 Å². The number of β-lactam (4-membered cyclic amide) rings is 1. The molecule has 0 aliphatic carbocycles. The van der Waals surface area contributed by atoms with Crippen LogP contribution in [0.2, 0.25) is 0 Å². The van der Waals surface area contributed by atoms with Gasteiger partial charge in [0.2, 0.25) is 5.60 Å². The first-order valence-electron chi connectivity index (χ1n) is 17.6. The molecule has 17 heteroatoms. The Morgan fingerprint density at radius 3 is 2.07 bits per heavy atom. The fraction of sp³-hybridized carbons (Fsp3) is 0.410. The van der Waals surface area contributed by atoms with Gasteiger partial charge in [-0.15, -0.1) is 23.1 Å². The SMILES string of the molecule is CC(C)(C)OC(=O)Nc1nc(C(=NOC(C)(C)C(=O)OC(C)(C)C)C(=O)N[C@@H]2C(=O)N3C(C(=O)OC(c4ccccc4)c4ccccc4)=C(CI)CS[C@H]23)cs1. The second-order valence-electron chi connectivity index (χ2n) is 15.3. The fourth-order valence-electron chi connectivity index (χ4n) is 5.36. The number of nitrogens with zero attached hydrogens (tertiary/aromatic N) is 3. The molecule has 3 aromatic rings. The van der Waals surface area contributed by atoms with E-state index in [2.05, 4.69) is 43.4 Å². The lowest BCUT2D eigenvalue weighted by atomic mass is 10.0. The van der Waals surface area contributed by atoms with E-state index in [1.807, 2.05) is 60.7 Å². The number of hydrogen-bond donors (Lipinski definition) is 2. The number of thiazole rings is 1. The topological polar surface area (TPSA) is 175 Å². The Hall–Kier alpha value is -4.49. The molecule has 2 atom stereocenters. The van der Waals surface area contributed by atoms with Crippen molar-refractivity contribution in [1.82, 2.24) is 15.2 Å². The van der Waals surface area contributed by atoms with Crippen molar-refractivity contribution in [3.8, 4) is 0 Å². The molecule has 0 radical (unpaired) electrons. The molecule has 2 N–H and O–H groups in total. The Balaban J connectivity index is 1.39. The summed E-state index contributed by atoms with van der Waals surface area (Å²) in [5.74, 6) is -2.36. The highest BCUT2D eigenvalue weighted by molar-refractivity contribution is 14.1. The summed E-state index contributed by atoms with van der Waals surface area (Å²) in [6.07, 6.45) is -1.49. The molecule has 3 amide bonds. The van der Waals surface area contributed by atoms with Crippen LogP contribution < -0.4 is 10.6 Å². The minimum atomic E-state index is -1.64. The van der Waals surface area contributed by atoms with Gasteiger partial charge in [0, 0.05) is 15.6 Å². The van der Waals surface area contributed by atoms with Crippen molar-refractivity contribution in [3.05, 3.63) is 94.1 Å². The first-order valence-corrected chi connectivity index (χ1v) is 21.0. The molecule has 2 aromatic carbocycles. The highest BCUT2D eigenvalue weighted by Gasteiger charge is 2.55. The molecule has 1 fully saturated rings. The highest BCUT2D eigenvalue weighted by atomic mass is 127. The molecule has 2 aliphatic rings. The Bertz CT molecular complexity index is 1980. The quantitative estimate of drug-likeness (QED) is 0.0374. The monoisotopic (exact) mass is 917 g/mol. The number of thioether (sulfide) groups is 1. The van der Waals surface area contributed by atoms with E-state index < -0.39 is 64.2 Å². The average Bonchev–Trinajstić information content (AvgIpc) is 3.58. The summed E-state index contributed by atoms with van der Waals surface area (Å²) >= 11 is 4.54.